The van der Waals surface area contributed by atoms with Gasteiger partial charge in [0, 0.05) is 23.7 Å². The summed E-state index contributed by atoms with van der Waals surface area (Å²) < 4.78 is 61.9. The number of benzene rings is 4. The standard InChI is InChI=1S/C32H32ClN3O6S2/c1-23-10-15-26(33)20-30(23)36(44(40,41)27-8-4-3-5-9-27)22-24-11-13-25(14-12-24)32(37)34-29-21-28(16-17-31(29)42-2)43(38,39)35-18-6-7-19-35/h3-5,8-17,20-21H,6-7,18-19,22H2,1-2H3,(H,34,37). The summed E-state index contributed by atoms with van der Waals surface area (Å²) in [6, 6.07) is 24.1. The first-order valence-corrected chi connectivity index (χ1v) is 17.2. The number of amides is 1. The smallest absolute Gasteiger partial charge is 0.264 e. The zero-order valence-corrected chi connectivity index (χ0v) is 26.6. The van der Waals surface area contributed by atoms with Crippen LogP contribution >= 0.6 is 11.6 Å². The molecule has 1 fully saturated rings. The molecule has 1 saturated heterocycles. The molecule has 1 amide bonds. The normalized spacial score (nSPS) is 13.9. The minimum Gasteiger partial charge on any atom is -0.495 e. The summed E-state index contributed by atoms with van der Waals surface area (Å²) in [4.78, 5) is 13.4. The zero-order chi connectivity index (χ0) is 31.5. The molecule has 1 aliphatic heterocycles. The number of methoxy groups -OCH3 is 1. The summed E-state index contributed by atoms with van der Waals surface area (Å²) in [5.41, 5.74) is 2.32. The Hall–Kier alpha value is -3.90. The maximum atomic E-state index is 13.8. The van der Waals surface area contributed by atoms with E-state index in [-0.39, 0.29) is 22.0 Å². The summed E-state index contributed by atoms with van der Waals surface area (Å²) in [6.45, 7) is 2.73. The fraction of sp³-hybridized carbons (Fsp3) is 0.219. The number of hydrogen-bond acceptors (Lipinski definition) is 6. The maximum Gasteiger partial charge on any atom is 0.264 e. The van der Waals surface area contributed by atoms with Crippen molar-refractivity contribution in [3.8, 4) is 5.75 Å². The van der Waals surface area contributed by atoms with Crippen molar-refractivity contribution in [2.45, 2.75) is 36.1 Å². The van der Waals surface area contributed by atoms with Gasteiger partial charge < -0.3 is 10.1 Å². The minimum absolute atomic E-state index is 0.00939. The first kappa shape index (κ1) is 31.5. The van der Waals surface area contributed by atoms with Crippen molar-refractivity contribution in [2.75, 3.05) is 29.8 Å². The number of carbonyl (C=O) groups excluding carboxylic acids is 1. The van der Waals surface area contributed by atoms with E-state index in [9.17, 15) is 21.6 Å². The molecule has 4 aromatic carbocycles. The first-order chi connectivity index (χ1) is 21.0. The summed E-state index contributed by atoms with van der Waals surface area (Å²) in [7, 11) is -6.22. The molecule has 44 heavy (non-hydrogen) atoms. The van der Waals surface area contributed by atoms with Crippen LogP contribution in [0.25, 0.3) is 0 Å². The lowest BCUT2D eigenvalue weighted by Gasteiger charge is -2.26. The molecule has 0 aliphatic carbocycles. The highest BCUT2D eigenvalue weighted by Gasteiger charge is 2.29. The monoisotopic (exact) mass is 653 g/mol. The molecule has 1 heterocycles. The van der Waals surface area contributed by atoms with Crippen molar-refractivity contribution >= 4 is 48.9 Å². The largest absolute Gasteiger partial charge is 0.495 e. The van der Waals surface area contributed by atoms with E-state index in [1.807, 2.05) is 6.92 Å². The third kappa shape index (κ3) is 6.61. The van der Waals surface area contributed by atoms with Gasteiger partial charge in [0.25, 0.3) is 15.9 Å². The van der Waals surface area contributed by atoms with E-state index in [1.165, 1.54) is 46.1 Å². The fourth-order valence-electron chi connectivity index (χ4n) is 5.02. The van der Waals surface area contributed by atoms with Crippen LogP contribution in [0.3, 0.4) is 0 Å². The summed E-state index contributed by atoms with van der Waals surface area (Å²) >= 11 is 6.26. The Morgan fingerprint density at radius 2 is 1.57 bits per heavy atom. The predicted molar refractivity (Wildman–Crippen MR) is 171 cm³/mol. The molecule has 12 heteroatoms. The van der Waals surface area contributed by atoms with E-state index in [4.69, 9.17) is 16.3 Å². The molecule has 9 nitrogen and oxygen atoms in total. The van der Waals surface area contributed by atoms with E-state index in [0.717, 1.165) is 18.4 Å². The Morgan fingerprint density at radius 1 is 0.886 bits per heavy atom. The number of sulfonamides is 2. The Labute approximate surface area is 263 Å². The highest BCUT2D eigenvalue weighted by molar-refractivity contribution is 7.92. The van der Waals surface area contributed by atoms with Crippen LogP contribution in [0, 0.1) is 6.92 Å². The number of anilines is 2. The van der Waals surface area contributed by atoms with Crippen LogP contribution in [0.4, 0.5) is 11.4 Å². The van der Waals surface area contributed by atoms with Gasteiger partial charge in [0.2, 0.25) is 10.0 Å². The Morgan fingerprint density at radius 3 is 2.23 bits per heavy atom. The van der Waals surface area contributed by atoms with Crippen molar-refractivity contribution in [1.82, 2.24) is 4.31 Å². The van der Waals surface area contributed by atoms with Gasteiger partial charge in [0.1, 0.15) is 5.75 Å². The van der Waals surface area contributed by atoms with Gasteiger partial charge in [-0.1, -0.05) is 48.0 Å². The third-order valence-electron chi connectivity index (χ3n) is 7.44. The van der Waals surface area contributed by atoms with Gasteiger partial charge in [-0.3, -0.25) is 9.10 Å². The molecule has 0 atom stereocenters. The lowest BCUT2D eigenvalue weighted by atomic mass is 10.1. The second-order valence-electron chi connectivity index (χ2n) is 10.4. The van der Waals surface area contributed by atoms with Crippen molar-refractivity contribution in [3.63, 3.8) is 0 Å². The predicted octanol–water partition coefficient (Wildman–Crippen LogP) is 6.09. The molecule has 0 radical (unpaired) electrons. The lowest BCUT2D eigenvalue weighted by molar-refractivity contribution is 0.102. The Bertz CT molecular complexity index is 1880. The quantitative estimate of drug-likeness (QED) is 0.222. The Balaban J connectivity index is 1.40. The summed E-state index contributed by atoms with van der Waals surface area (Å²) in [6.07, 6.45) is 1.62. The number of rotatable bonds is 10. The molecule has 4 aromatic rings. The molecule has 5 rings (SSSR count). The topological polar surface area (TPSA) is 113 Å². The molecule has 230 valence electrons. The first-order valence-electron chi connectivity index (χ1n) is 13.9. The van der Waals surface area contributed by atoms with Gasteiger partial charge in [0.05, 0.1) is 34.8 Å². The number of halogens is 1. The van der Waals surface area contributed by atoms with E-state index in [0.29, 0.717) is 40.7 Å². The molecule has 0 aromatic heterocycles. The molecular weight excluding hydrogens is 622 g/mol. The van der Waals surface area contributed by atoms with E-state index in [2.05, 4.69) is 5.32 Å². The number of ether oxygens (including phenoxy) is 1. The van der Waals surface area contributed by atoms with Crippen molar-refractivity contribution in [3.05, 3.63) is 113 Å². The molecule has 0 spiro atoms. The van der Waals surface area contributed by atoms with E-state index < -0.39 is 26.0 Å². The van der Waals surface area contributed by atoms with Crippen LogP contribution in [0.1, 0.15) is 34.3 Å². The van der Waals surface area contributed by atoms with E-state index >= 15 is 0 Å². The second kappa shape index (κ2) is 13.0. The van der Waals surface area contributed by atoms with Crippen LogP contribution in [-0.2, 0) is 26.6 Å². The van der Waals surface area contributed by atoms with Crippen LogP contribution in [0.2, 0.25) is 5.02 Å². The average Bonchev–Trinajstić information content (AvgIpc) is 3.58. The Kier molecular flexibility index (Phi) is 9.31. The highest BCUT2D eigenvalue weighted by atomic mass is 35.5. The summed E-state index contributed by atoms with van der Waals surface area (Å²) in [5.74, 6) is -0.168. The molecule has 0 saturated carbocycles. The average molecular weight is 654 g/mol. The van der Waals surface area contributed by atoms with Gasteiger partial charge in [-0.15, -0.1) is 0 Å². The zero-order valence-electron chi connectivity index (χ0n) is 24.2. The summed E-state index contributed by atoms with van der Waals surface area (Å²) in [5, 5.41) is 3.16. The fourth-order valence-corrected chi connectivity index (χ4v) is 8.26. The van der Waals surface area contributed by atoms with Gasteiger partial charge in [-0.05, 0) is 85.5 Å². The SMILES string of the molecule is COc1ccc(S(=O)(=O)N2CCCC2)cc1NC(=O)c1ccc(CN(c2cc(Cl)ccc2C)S(=O)(=O)c2ccccc2)cc1. The van der Waals surface area contributed by atoms with Crippen molar-refractivity contribution < 1.29 is 26.4 Å². The molecule has 0 unspecified atom stereocenters. The third-order valence-corrected chi connectivity index (χ3v) is 11.3. The van der Waals surface area contributed by atoms with Crippen LogP contribution in [0.5, 0.6) is 5.75 Å². The van der Waals surface area contributed by atoms with Gasteiger partial charge in [0.15, 0.2) is 0 Å². The van der Waals surface area contributed by atoms with Crippen molar-refractivity contribution in [1.29, 1.82) is 0 Å². The van der Waals surface area contributed by atoms with Gasteiger partial charge >= 0.3 is 0 Å². The number of nitrogens with zero attached hydrogens (tertiary/aromatic N) is 2. The minimum atomic E-state index is -3.96. The molecular formula is C32H32ClN3O6S2. The van der Waals surface area contributed by atoms with Crippen LogP contribution < -0.4 is 14.4 Å². The molecule has 0 bridgehead atoms. The number of hydrogen-bond donors (Lipinski definition) is 1. The van der Waals surface area contributed by atoms with Gasteiger partial charge in [-0.25, -0.2) is 16.8 Å². The maximum absolute atomic E-state index is 13.8. The van der Waals surface area contributed by atoms with Gasteiger partial charge in [-0.2, -0.15) is 4.31 Å². The second-order valence-corrected chi connectivity index (χ2v) is 14.6. The number of carbonyl (C=O) groups is 1. The highest BCUT2D eigenvalue weighted by Crippen LogP contribution is 2.32. The number of nitrogens with one attached hydrogen (secondary N) is 1. The van der Waals surface area contributed by atoms with E-state index in [1.54, 1.807) is 60.7 Å². The number of aryl methyl sites for hydroxylation is 1. The van der Waals surface area contributed by atoms with Crippen LogP contribution in [0.15, 0.2) is 101 Å². The van der Waals surface area contributed by atoms with Crippen LogP contribution in [-0.4, -0.2) is 47.2 Å². The lowest BCUT2D eigenvalue weighted by Crippen LogP contribution is -2.31. The molecule has 1 aliphatic rings. The molecule has 1 N–H and O–H groups in total. The van der Waals surface area contributed by atoms with Crippen molar-refractivity contribution in [2.24, 2.45) is 0 Å².